The zero-order valence-corrected chi connectivity index (χ0v) is 11.4. The molecule has 1 aliphatic rings. The lowest BCUT2D eigenvalue weighted by atomic mass is 9.80. The Kier molecular flexibility index (Phi) is 3.84. The van der Waals surface area contributed by atoms with Gasteiger partial charge in [-0.15, -0.1) is 0 Å². The monoisotopic (exact) mass is 297 g/mol. The van der Waals surface area contributed by atoms with Gasteiger partial charge >= 0.3 is 5.97 Å². The Balaban J connectivity index is 2.34. The Labute approximate surface area is 110 Å². The quantitative estimate of drug-likeness (QED) is 0.870. The van der Waals surface area contributed by atoms with Crippen LogP contribution in [0.2, 0.25) is 0 Å². The summed E-state index contributed by atoms with van der Waals surface area (Å²) >= 11 is 3.41. The summed E-state index contributed by atoms with van der Waals surface area (Å²) in [7, 11) is 0. The molecule has 1 aromatic carbocycles. The van der Waals surface area contributed by atoms with Crippen LogP contribution < -0.4 is 5.32 Å². The molecule has 92 valence electrons. The molecule has 0 amide bonds. The molecular formula is C13H16BrNO2. The van der Waals surface area contributed by atoms with E-state index in [0.717, 1.165) is 23.0 Å². The summed E-state index contributed by atoms with van der Waals surface area (Å²) in [6.45, 7) is 3.79. The smallest absolute Gasteiger partial charge is 0.317 e. The van der Waals surface area contributed by atoms with Gasteiger partial charge in [-0.1, -0.05) is 28.1 Å². The van der Waals surface area contributed by atoms with Crippen molar-refractivity contribution in [1.82, 2.24) is 5.32 Å². The molecule has 3 nitrogen and oxygen atoms in total. The lowest BCUT2D eigenvalue weighted by Gasteiger charge is -2.26. The maximum absolute atomic E-state index is 12.2. The van der Waals surface area contributed by atoms with Crippen molar-refractivity contribution in [1.29, 1.82) is 0 Å². The van der Waals surface area contributed by atoms with Crippen LogP contribution in [-0.4, -0.2) is 25.7 Å². The third-order valence-corrected chi connectivity index (χ3v) is 3.75. The van der Waals surface area contributed by atoms with Crippen LogP contribution in [0.5, 0.6) is 0 Å². The molecule has 17 heavy (non-hydrogen) atoms. The number of hydrogen-bond acceptors (Lipinski definition) is 3. The van der Waals surface area contributed by atoms with Crippen molar-refractivity contribution in [3.8, 4) is 0 Å². The molecule has 1 saturated heterocycles. The first-order chi connectivity index (χ1) is 8.19. The number of carbonyl (C=O) groups is 1. The van der Waals surface area contributed by atoms with Crippen molar-refractivity contribution < 1.29 is 9.53 Å². The number of hydrogen-bond donors (Lipinski definition) is 1. The number of rotatable bonds is 3. The SMILES string of the molecule is CCOC(=O)C1(c2ccc(Br)cc2)CCNC1. The Morgan fingerprint density at radius 3 is 2.71 bits per heavy atom. The summed E-state index contributed by atoms with van der Waals surface area (Å²) in [5, 5.41) is 3.25. The average Bonchev–Trinajstić information content (AvgIpc) is 2.81. The van der Waals surface area contributed by atoms with E-state index < -0.39 is 5.41 Å². The van der Waals surface area contributed by atoms with Gasteiger partial charge in [0.1, 0.15) is 5.41 Å². The number of carbonyl (C=O) groups excluding carboxylic acids is 1. The summed E-state index contributed by atoms with van der Waals surface area (Å²) in [5.74, 6) is -0.118. The zero-order valence-electron chi connectivity index (χ0n) is 9.83. The van der Waals surface area contributed by atoms with Crippen LogP contribution >= 0.6 is 15.9 Å². The molecule has 1 atom stereocenters. The van der Waals surface area contributed by atoms with Crippen LogP contribution in [0, 0.1) is 0 Å². The Bertz CT molecular complexity index is 396. The van der Waals surface area contributed by atoms with Crippen LogP contribution in [0.4, 0.5) is 0 Å². The van der Waals surface area contributed by atoms with Crippen molar-refractivity contribution in [3.05, 3.63) is 34.3 Å². The predicted octanol–water partition coefficient (Wildman–Crippen LogP) is 2.24. The molecule has 1 heterocycles. The van der Waals surface area contributed by atoms with Gasteiger partial charge in [0.05, 0.1) is 6.61 Å². The van der Waals surface area contributed by atoms with Gasteiger partial charge in [0.15, 0.2) is 0 Å². The minimum absolute atomic E-state index is 0.118. The second-order valence-electron chi connectivity index (χ2n) is 4.24. The fraction of sp³-hybridized carbons (Fsp3) is 0.462. The molecule has 1 fully saturated rings. The molecule has 0 radical (unpaired) electrons. The van der Waals surface area contributed by atoms with Gasteiger partial charge in [0.25, 0.3) is 0 Å². The first kappa shape index (κ1) is 12.6. The van der Waals surface area contributed by atoms with E-state index in [1.807, 2.05) is 31.2 Å². The van der Waals surface area contributed by atoms with E-state index in [2.05, 4.69) is 21.2 Å². The van der Waals surface area contributed by atoms with Crippen molar-refractivity contribution in [3.63, 3.8) is 0 Å². The van der Waals surface area contributed by atoms with Crippen LogP contribution in [0.1, 0.15) is 18.9 Å². The first-order valence-corrected chi connectivity index (χ1v) is 6.62. The molecule has 1 aromatic rings. The summed E-state index contributed by atoms with van der Waals surface area (Å²) < 4.78 is 6.24. The molecule has 1 aliphatic heterocycles. The normalized spacial score (nSPS) is 23.6. The van der Waals surface area contributed by atoms with Gasteiger partial charge in [-0.2, -0.15) is 0 Å². The maximum atomic E-state index is 12.2. The maximum Gasteiger partial charge on any atom is 0.317 e. The van der Waals surface area contributed by atoms with Crippen molar-refractivity contribution in [2.75, 3.05) is 19.7 Å². The predicted molar refractivity (Wildman–Crippen MR) is 69.9 cm³/mol. The molecule has 1 unspecified atom stereocenters. The second kappa shape index (κ2) is 5.19. The molecule has 0 spiro atoms. The Morgan fingerprint density at radius 2 is 2.18 bits per heavy atom. The van der Waals surface area contributed by atoms with Crippen molar-refractivity contribution in [2.45, 2.75) is 18.8 Å². The van der Waals surface area contributed by atoms with E-state index in [1.54, 1.807) is 0 Å². The van der Waals surface area contributed by atoms with Crippen LogP contribution in [0.25, 0.3) is 0 Å². The third kappa shape index (κ3) is 2.38. The summed E-state index contributed by atoms with van der Waals surface area (Å²) in [4.78, 5) is 12.2. The second-order valence-corrected chi connectivity index (χ2v) is 5.15. The summed E-state index contributed by atoms with van der Waals surface area (Å²) in [5.41, 5.74) is 0.528. The van der Waals surface area contributed by atoms with Crippen molar-refractivity contribution in [2.24, 2.45) is 0 Å². The number of esters is 1. The minimum atomic E-state index is -0.503. The minimum Gasteiger partial charge on any atom is -0.465 e. The highest BCUT2D eigenvalue weighted by Crippen LogP contribution is 2.33. The average molecular weight is 298 g/mol. The van der Waals surface area contributed by atoms with E-state index >= 15 is 0 Å². The van der Waals surface area contributed by atoms with Crippen LogP contribution in [0.15, 0.2) is 28.7 Å². The fourth-order valence-corrected chi connectivity index (χ4v) is 2.53. The lowest BCUT2D eigenvalue weighted by Crippen LogP contribution is -2.39. The van der Waals surface area contributed by atoms with E-state index in [9.17, 15) is 4.79 Å². The zero-order chi connectivity index (χ0) is 12.3. The van der Waals surface area contributed by atoms with Crippen LogP contribution in [0.3, 0.4) is 0 Å². The molecule has 4 heteroatoms. The highest BCUT2D eigenvalue weighted by molar-refractivity contribution is 9.10. The highest BCUT2D eigenvalue weighted by atomic mass is 79.9. The molecule has 2 rings (SSSR count). The lowest BCUT2D eigenvalue weighted by molar-refractivity contribution is -0.149. The van der Waals surface area contributed by atoms with E-state index in [1.165, 1.54) is 0 Å². The number of benzene rings is 1. The van der Waals surface area contributed by atoms with Gasteiger partial charge in [0.2, 0.25) is 0 Å². The molecule has 0 aliphatic carbocycles. The Hall–Kier alpha value is -0.870. The first-order valence-electron chi connectivity index (χ1n) is 5.83. The topological polar surface area (TPSA) is 38.3 Å². The van der Waals surface area contributed by atoms with Gasteiger partial charge in [-0.25, -0.2) is 0 Å². The summed E-state index contributed by atoms with van der Waals surface area (Å²) in [6.07, 6.45) is 0.799. The molecule has 0 saturated carbocycles. The van der Waals surface area contributed by atoms with Gasteiger partial charge in [-0.3, -0.25) is 4.79 Å². The van der Waals surface area contributed by atoms with Crippen molar-refractivity contribution >= 4 is 21.9 Å². The molecular weight excluding hydrogens is 282 g/mol. The molecule has 1 N–H and O–H groups in total. The van der Waals surface area contributed by atoms with Gasteiger partial charge in [-0.05, 0) is 37.6 Å². The van der Waals surface area contributed by atoms with E-state index in [4.69, 9.17) is 4.74 Å². The van der Waals surface area contributed by atoms with E-state index in [-0.39, 0.29) is 5.97 Å². The van der Waals surface area contributed by atoms with Gasteiger partial charge < -0.3 is 10.1 Å². The fourth-order valence-electron chi connectivity index (χ4n) is 2.27. The van der Waals surface area contributed by atoms with E-state index in [0.29, 0.717) is 13.2 Å². The largest absolute Gasteiger partial charge is 0.465 e. The Morgan fingerprint density at radius 1 is 1.47 bits per heavy atom. The highest BCUT2D eigenvalue weighted by Gasteiger charge is 2.44. The number of ether oxygens (including phenoxy) is 1. The van der Waals surface area contributed by atoms with Gasteiger partial charge in [0, 0.05) is 11.0 Å². The molecule has 0 aromatic heterocycles. The number of nitrogens with one attached hydrogen (secondary N) is 1. The summed E-state index contributed by atoms with van der Waals surface area (Å²) in [6, 6.07) is 7.92. The van der Waals surface area contributed by atoms with Crippen LogP contribution in [-0.2, 0) is 14.9 Å². The third-order valence-electron chi connectivity index (χ3n) is 3.22. The molecule has 0 bridgehead atoms. The number of halogens is 1. The standard InChI is InChI=1S/C13H16BrNO2/c1-2-17-12(16)13(7-8-15-9-13)10-3-5-11(14)6-4-10/h3-6,15H,2,7-9H2,1H3.